The summed E-state index contributed by atoms with van der Waals surface area (Å²) in [5.74, 6) is 0. The molecule has 0 fully saturated rings. The Hall–Kier alpha value is -1.72. The summed E-state index contributed by atoms with van der Waals surface area (Å²) < 4.78 is 34.0. The van der Waals surface area contributed by atoms with Crippen molar-refractivity contribution in [2.75, 3.05) is 0 Å². The van der Waals surface area contributed by atoms with Crippen molar-refractivity contribution in [1.82, 2.24) is 0 Å². The second-order valence-electron chi connectivity index (χ2n) is 5.30. The van der Waals surface area contributed by atoms with Crippen LogP contribution in [0.3, 0.4) is 0 Å². The molecule has 3 rings (SSSR count). The molecule has 5 heteroatoms. The predicted molar refractivity (Wildman–Crippen MR) is 71.6 cm³/mol. The first-order valence-corrected chi connectivity index (χ1v) is 7.34. The fourth-order valence-electron chi connectivity index (χ4n) is 2.69. The van der Waals surface area contributed by atoms with Crippen molar-refractivity contribution in [2.24, 2.45) is 0 Å². The molecule has 0 spiro atoms. The zero-order valence-electron chi connectivity index (χ0n) is 10.6. The third-order valence-electron chi connectivity index (χ3n) is 3.52. The second-order valence-corrected chi connectivity index (χ2v) is 6.65. The topological polar surface area (TPSA) is 71.2 Å². The van der Waals surface area contributed by atoms with E-state index in [0.717, 1.165) is 16.6 Å². The van der Waals surface area contributed by atoms with Gasteiger partial charge in [-0.05, 0) is 36.8 Å². The van der Waals surface area contributed by atoms with Crippen LogP contribution in [-0.4, -0.2) is 19.2 Å². The lowest BCUT2D eigenvalue weighted by atomic mass is 9.84. The van der Waals surface area contributed by atoms with Gasteiger partial charge >= 0.3 is 0 Å². The van der Waals surface area contributed by atoms with Crippen molar-refractivity contribution >= 4 is 32.8 Å². The number of fused-ring (bicyclic) bond motifs is 3. The third kappa shape index (κ3) is 1.77. The molecule has 19 heavy (non-hydrogen) atoms. The summed E-state index contributed by atoms with van der Waals surface area (Å²) >= 11 is 0. The summed E-state index contributed by atoms with van der Waals surface area (Å²) in [6.07, 6.45) is 1.97. The van der Waals surface area contributed by atoms with Crippen LogP contribution in [0, 0.1) is 0 Å². The lowest BCUT2D eigenvalue weighted by molar-refractivity contribution is -0.344. The Morgan fingerprint density at radius 1 is 1.11 bits per heavy atom. The molecule has 0 bridgehead atoms. The van der Waals surface area contributed by atoms with Crippen LogP contribution in [0.4, 0.5) is 5.69 Å². The summed E-state index contributed by atoms with van der Waals surface area (Å²) in [7, 11) is -4.46. The Morgan fingerprint density at radius 3 is 2.53 bits per heavy atom. The summed E-state index contributed by atoms with van der Waals surface area (Å²) in [6.45, 7) is 4.09. The fraction of sp³-hybridized carbons (Fsp3) is 0.214. The van der Waals surface area contributed by atoms with Gasteiger partial charge in [-0.2, -0.15) is 0 Å². The largest absolute Gasteiger partial charge is 0.744 e. The summed E-state index contributed by atoms with van der Waals surface area (Å²) in [4.78, 5) is 3.03. The number of rotatable bonds is 1. The van der Waals surface area contributed by atoms with E-state index in [1.807, 2.05) is 32.2 Å². The molecule has 0 atom stereocenters. The van der Waals surface area contributed by atoms with Crippen molar-refractivity contribution in [2.45, 2.75) is 24.2 Å². The van der Waals surface area contributed by atoms with Crippen LogP contribution in [0.2, 0.25) is 0 Å². The van der Waals surface area contributed by atoms with Gasteiger partial charge in [0, 0.05) is 11.6 Å². The van der Waals surface area contributed by atoms with E-state index in [1.165, 1.54) is 6.07 Å². The molecule has 0 amide bonds. The Bertz CT molecular complexity index is 820. The van der Waals surface area contributed by atoms with Crippen LogP contribution in [0.5, 0.6) is 0 Å². The Labute approximate surface area is 111 Å². The van der Waals surface area contributed by atoms with Crippen molar-refractivity contribution in [3.05, 3.63) is 35.9 Å². The molecule has 1 N–H and O–H groups in total. The van der Waals surface area contributed by atoms with Crippen molar-refractivity contribution < 1.29 is 18.0 Å². The average Bonchev–Trinajstić information content (AvgIpc) is 2.63. The third-order valence-corrected chi connectivity index (χ3v) is 4.42. The Morgan fingerprint density at radius 2 is 1.84 bits per heavy atom. The lowest BCUT2D eigenvalue weighted by Crippen LogP contribution is -2.60. The fourth-order valence-corrected chi connectivity index (χ4v) is 3.38. The first-order chi connectivity index (χ1) is 8.81. The van der Waals surface area contributed by atoms with Crippen LogP contribution >= 0.6 is 0 Å². The van der Waals surface area contributed by atoms with Gasteiger partial charge in [0.25, 0.3) is 0 Å². The maximum atomic E-state index is 11.3. The van der Waals surface area contributed by atoms with E-state index in [9.17, 15) is 13.0 Å². The van der Waals surface area contributed by atoms with Crippen LogP contribution in [0.1, 0.15) is 19.4 Å². The number of nitrogens with one attached hydrogen (secondary N) is 1. The van der Waals surface area contributed by atoms with Gasteiger partial charge < -0.3 is 4.55 Å². The molecule has 2 aromatic rings. The van der Waals surface area contributed by atoms with Crippen molar-refractivity contribution in [3.63, 3.8) is 0 Å². The maximum Gasteiger partial charge on any atom is 0.208 e. The van der Waals surface area contributed by atoms with Gasteiger partial charge in [0.1, 0.15) is 10.1 Å². The van der Waals surface area contributed by atoms with E-state index >= 15 is 0 Å². The van der Waals surface area contributed by atoms with E-state index < -0.39 is 10.1 Å². The molecule has 0 aliphatic carbocycles. The monoisotopic (exact) mass is 275 g/mol. The van der Waals surface area contributed by atoms with Gasteiger partial charge in [-0.15, -0.1) is 0 Å². The first-order valence-electron chi connectivity index (χ1n) is 5.94. The molecular formula is C14H13NO3S. The molecule has 1 aliphatic heterocycles. The summed E-state index contributed by atoms with van der Waals surface area (Å²) in [5, 5.41) is 1.29. The van der Waals surface area contributed by atoms with Crippen LogP contribution in [0.15, 0.2) is 35.2 Å². The highest BCUT2D eigenvalue weighted by atomic mass is 32.2. The molecule has 0 saturated heterocycles. The highest BCUT2D eigenvalue weighted by molar-refractivity contribution is 7.86. The first kappa shape index (κ1) is 12.3. The molecule has 0 unspecified atom stereocenters. The van der Waals surface area contributed by atoms with E-state index in [4.69, 9.17) is 0 Å². The quantitative estimate of drug-likeness (QED) is 0.783. The molecule has 2 aromatic carbocycles. The van der Waals surface area contributed by atoms with Crippen LogP contribution < -0.4 is 4.99 Å². The second kappa shape index (κ2) is 3.65. The van der Waals surface area contributed by atoms with Crippen LogP contribution in [0.25, 0.3) is 10.8 Å². The van der Waals surface area contributed by atoms with Crippen molar-refractivity contribution in [1.29, 1.82) is 0 Å². The van der Waals surface area contributed by atoms with E-state index in [0.29, 0.717) is 5.39 Å². The SMILES string of the molecule is CC1(C)C=[NH+]c2ccc3c(S(=O)(=O)[O-])cccc3c21. The average molecular weight is 275 g/mol. The summed E-state index contributed by atoms with van der Waals surface area (Å²) in [5.41, 5.74) is 1.77. The number of hydrogen-bond acceptors (Lipinski definition) is 3. The number of benzene rings is 2. The molecule has 1 heterocycles. The minimum Gasteiger partial charge on any atom is -0.744 e. The molecule has 1 aliphatic rings. The molecule has 0 radical (unpaired) electrons. The highest BCUT2D eigenvalue weighted by Gasteiger charge is 2.34. The van der Waals surface area contributed by atoms with Gasteiger partial charge in [0.15, 0.2) is 6.21 Å². The number of hydrogen-bond donors (Lipinski definition) is 1. The van der Waals surface area contributed by atoms with Crippen LogP contribution in [-0.2, 0) is 15.5 Å². The Kier molecular flexibility index (Phi) is 2.37. The van der Waals surface area contributed by atoms with Gasteiger partial charge in [0.05, 0.1) is 10.3 Å². The minimum absolute atomic E-state index is 0.157. The van der Waals surface area contributed by atoms with Gasteiger partial charge in [0.2, 0.25) is 5.69 Å². The van der Waals surface area contributed by atoms with Gasteiger partial charge in [-0.1, -0.05) is 12.1 Å². The van der Waals surface area contributed by atoms with Gasteiger partial charge in [-0.25, -0.2) is 13.4 Å². The standard InChI is InChI=1S/C14H13NO3S/c1-14(2)8-15-11-7-6-9-10(13(11)14)4-3-5-12(9)19(16,17)18/h3-8H,1-2H3,(H,16,17,18). The summed E-state index contributed by atoms with van der Waals surface area (Å²) in [6, 6.07) is 8.32. The molecular weight excluding hydrogens is 262 g/mol. The van der Waals surface area contributed by atoms with Crippen molar-refractivity contribution in [3.8, 4) is 0 Å². The van der Waals surface area contributed by atoms with E-state index in [-0.39, 0.29) is 10.3 Å². The van der Waals surface area contributed by atoms with Gasteiger partial charge in [-0.3, -0.25) is 0 Å². The smallest absolute Gasteiger partial charge is 0.208 e. The molecule has 98 valence electrons. The zero-order chi connectivity index (χ0) is 13.8. The molecule has 0 aromatic heterocycles. The molecule has 0 saturated carbocycles. The predicted octanol–water partition coefficient (Wildman–Crippen LogP) is 0.818. The lowest BCUT2D eigenvalue weighted by Gasteiger charge is -2.16. The van der Waals surface area contributed by atoms with E-state index in [1.54, 1.807) is 12.1 Å². The Balaban J connectivity index is 2.47. The maximum absolute atomic E-state index is 11.3. The molecule has 4 nitrogen and oxygen atoms in total. The minimum atomic E-state index is -4.46. The van der Waals surface area contributed by atoms with E-state index in [2.05, 4.69) is 4.99 Å². The zero-order valence-corrected chi connectivity index (χ0v) is 11.4. The highest BCUT2D eigenvalue weighted by Crippen LogP contribution is 2.36. The normalized spacial score (nSPS) is 16.8.